The molecular formula is C22H19FN2O2S. The van der Waals surface area contributed by atoms with Crippen LogP contribution in [0.4, 0.5) is 15.1 Å². The van der Waals surface area contributed by atoms with Crippen molar-refractivity contribution in [2.45, 2.75) is 25.7 Å². The first-order chi connectivity index (χ1) is 13.6. The van der Waals surface area contributed by atoms with Gasteiger partial charge in [0.05, 0.1) is 5.56 Å². The summed E-state index contributed by atoms with van der Waals surface area (Å²) >= 11 is 1.47. The van der Waals surface area contributed by atoms with Crippen LogP contribution in [0.3, 0.4) is 0 Å². The van der Waals surface area contributed by atoms with Gasteiger partial charge in [-0.25, -0.2) is 4.39 Å². The van der Waals surface area contributed by atoms with Crippen molar-refractivity contribution in [1.82, 2.24) is 0 Å². The number of hydrogen-bond acceptors (Lipinski definition) is 3. The van der Waals surface area contributed by atoms with Crippen LogP contribution < -0.4 is 10.6 Å². The summed E-state index contributed by atoms with van der Waals surface area (Å²) in [6, 6.07) is 14.6. The van der Waals surface area contributed by atoms with Crippen LogP contribution in [0.15, 0.2) is 54.6 Å². The van der Waals surface area contributed by atoms with Crippen molar-refractivity contribution in [1.29, 1.82) is 0 Å². The number of carbonyl (C=O) groups excluding carboxylic acids is 2. The first kappa shape index (κ1) is 18.4. The number of carbonyl (C=O) groups is 2. The van der Waals surface area contributed by atoms with Crippen LogP contribution in [-0.2, 0) is 12.8 Å². The fourth-order valence-electron chi connectivity index (χ4n) is 3.39. The Morgan fingerprint density at radius 3 is 2.32 bits per heavy atom. The number of nitrogens with one attached hydrogen (secondary N) is 2. The van der Waals surface area contributed by atoms with E-state index in [0.29, 0.717) is 21.8 Å². The van der Waals surface area contributed by atoms with Gasteiger partial charge in [0, 0.05) is 16.1 Å². The Morgan fingerprint density at radius 1 is 0.857 bits per heavy atom. The molecule has 1 aliphatic carbocycles. The third kappa shape index (κ3) is 3.82. The maximum atomic E-state index is 13.1. The fourth-order valence-corrected chi connectivity index (χ4v) is 4.67. The van der Waals surface area contributed by atoms with Crippen molar-refractivity contribution in [2.24, 2.45) is 0 Å². The zero-order chi connectivity index (χ0) is 19.5. The molecule has 1 aliphatic rings. The van der Waals surface area contributed by atoms with E-state index in [1.54, 1.807) is 24.3 Å². The Bertz CT molecular complexity index is 1010. The predicted octanol–water partition coefficient (Wildman–Crippen LogP) is 5.27. The number of halogens is 1. The van der Waals surface area contributed by atoms with Gasteiger partial charge in [-0.2, -0.15) is 0 Å². The van der Waals surface area contributed by atoms with E-state index >= 15 is 0 Å². The molecule has 0 saturated heterocycles. The van der Waals surface area contributed by atoms with Gasteiger partial charge >= 0.3 is 0 Å². The number of aryl methyl sites for hydroxylation is 1. The molecule has 0 radical (unpaired) electrons. The van der Waals surface area contributed by atoms with Gasteiger partial charge in [-0.05, 0) is 67.6 Å². The summed E-state index contributed by atoms with van der Waals surface area (Å²) in [5.74, 6) is -0.883. The average Bonchev–Trinajstić information content (AvgIpc) is 3.08. The number of fused-ring (bicyclic) bond motifs is 1. The average molecular weight is 394 g/mol. The molecule has 4 nitrogen and oxygen atoms in total. The number of hydrogen-bond donors (Lipinski definition) is 2. The van der Waals surface area contributed by atoms with Crippen LogP contribution >= 0.6 is 11.3 Å². The van der Waals surface area contributed by atoms with Crippen molar-refractivity contribution in [3.05, 3.63) is 82.0 Å². The topological polar surface area (TPSA) is 58.2 Å². The third-order valence-electron chi connectivity index (χ3n) is 4.76. The second-order valence-corrected chi connectivity index (χ2v) is 7.80. The van der Waals surface area contributed by atoms with E-state index in [2.05, 4.69) is 10.6 Å². The molecule has 2 aromatic carbocycles. The highest BCUT2D eigenvalue weighted by molar-refractivity contribution is 7.17. The van der Waals surface area contributed by atoms with Gasteiger partial charge in [0.1, 0.15) is 10.8 Å². The first-order valence-corrected chi connectivity index (χ1v) is 10.0. The summed E-state index contributed by atoms with van der Waals surface area (Å²) in [5, 5.41) is 6.31. The molecule has 4 rings (SSSR count). The van der Waals surface area contributed by atoms with E-state index in [9.17, 15) is 14.0 Å². The Balaban J connectivity index is 1.65. The smallest absolute Gasteiger partial charge is 0.258 e. The zero-order valence-corrected chi connectivity index (χ0v) is 15.9. The molecule has 1 heterocycles. The third-order valence-corrected chi connectivity index (χ3v) is 5.97. The van der Waals surface area contributed by atoms with Crippen molar-refractivity contribution < 1.29 is 14.0 Å². The lowest BCUT2D eigenvalue weighted by Gasteiger charge is -2.13. The summed E-state index contributed by atoms with van der Waals surface area (Å²) in [6.45, 7) is 0. The second kappa shape index (κ2) is 7.94. The summed E-state index contributed by atoms with van der Waals surface area (Å²) in [4.78, 5) is 26.8. The minimum atomic E-state index is -0.360. The molecule has 0 aliphatic heterocycles. The molecule has 0 unspecified atom stereocenters. The van der Waals surface area contributed by atoms with Crippen LogP contribution in [0.5, 0.6) is 0 Å². The van der Waals surface area contributed by atoms with E-state index in [1.165, 1.54) is 35.6 Å². The number of benzene rings is 2. The minimum absolute atomic E-state index is 0.241. The normalized spacial score (nSPS) is 12.9. The molecular weight excluding hydrogens is 375 g/mol. The van der Waals surface area contributed by atoms with Gasteiger partial charge in [-0.15, -0.1) is 11.3 Å². The highest BCUT2D eigenvalue weighted by Gasteiger charge is 2.26. The van der Waals surface area contributed by atoms with Gasteiger partial charge in [-0.1, -0.05) is 18.2 Å². The molecule has 3 aromatic rings. The molecule has 0 atom stereocenters. The number of amides is 2. The maximum absolute atomic E-state index is 13.1. The van der Waals surface area contributed by atoms with E-state index in [4.69, 9.17) is 0 Å². The molecule has 2 N–H and O–H groups in total. The van der Waals surface area contributed by atoms with Gasteiger partial charge in [0.2, 0.25) is 0 Å². The van der Waals surface area contributed by atoms with E-state index in [1.807, 2.05) is 6.07 Å². The number of anilines is 2. The molecule has 2 amide bonds. The summed E-state index contributed by atoms with van der Waals surface area (Å²) < 4.78 is 13.1. The van der Waals surface area contributed by atoms with Crippen LogP contribution in [0, 0.1) is 5.82 Å². The highest BCUT2D eigenvalue weighted by Crippen LogP contribution is 2.38. The summed E-state index contributed by atoms with van der Waals surface area (Å²) in [6.07, 6.45) is 3.84. The fraction of sp³-hybridized carbons (Fsp3) is 0.182. The SMILES string of the molecule is O=C(Nc1sc2c(c1C(=O)Nc1ccc(F)cc1)CCCC2)c1ccccc1. The van der Waals surface area contributed by atoms with Crippen LogP contribution in [0.1, 0.15) is 44.0 Å². The first-order valence-electron chi connectivity index (χ1n) is 9.19. The molecule has 1 aromatic heterocycles. The van der Waals surface area contributed by atoms with Crippen molar-refractivity contribution in [3.63, 3.8) is 0 Å². The van der Waals surface area contributed by atoms with Gasteiger partial charge < -0.3 is 10.6 Å². The van der Waals surface area contributed by atoms with Crippen LogP contribution in [0.25, 0.3) is 0 Å². The Labute approximate surface area is 166 Å². The van der Waals surface area contributed by atoms with Crippen molar-refractivity contribution >= 4 is 33.8 Å². The second-order valence-electron chi connectivity index (χ2n) is 6.70. The molecule has 0 saturated carbocycles. The van der Waals surface area contributed by atoms with Gasteiger partial charge in [-0.3, -0.25) is 9.59 Å². The number of thiophene rings is 1. The predicted molar refractivity (Wildman–Crippen MR) is 110 cm³/mol. The van der Waals surface area contributed by atoms with E-state index in [-0.39, 0.29) is 17.6 Å². The molecule has 0 bridgehead atoms. The zero-order valence-electron chi connectivity index (χ0n) is 15.1. The largest absolute Gasteiger partial charge is 0.322 e. The lowest BCUT2D eigenvalue weighted by Crippen LogP contribution is -2.18. The van der Waals surface area contributed by atoms with Crippen molar-refractivity contribution in [3.8, 4) is 0 Å². The van der Waals surface area contributed by atoms with E-state index < -0.39 is 0 Å². The Kier molecular flexibility index (Phi) is 5.21. The number of rotatable bonds is 4. The molecule has 0 fully saturated rings. The van der Waals surface area contributed by atoms with Gasteiger partial charge in [0.25, 0.3) is 11.8 Å². The minimum Gasteiger partial charge on any atom is -0.322 e. The molecule has 6 heteroatoms. The maximum Gasteiger partial charge on any atom is 0.258 e. The van der Waals surface area contributed by atoms with Gasteiger partial charge in [0.15, 0.2) is 0 Å². The highest BCUT2D eigenvalue weighted by atomic mass is 32.1. The molecule has 142 valence electrons. The monoisotopic (exact) mass is 394 g/mol. The quantitative estimate of drug-likeness (QED) is 0.633. The van der Waals surface area contributed by atoms with Crippen LogP contribution in [0.2, 0.25) is 0 Å². The summed E-state index contributed by atoms with van der Waals surface area (Å²) in [7, 11) is 0. The van der Waals surface area contributed by atoms with E-state index in [0.717, 1.165) is 36.1 Å². The summed E-state index contributed by atoms with van der Waals surface area (Å²) in [5.41, 5.74) is 2.59. The van der Waals surface area contributed by atoms with Crippen molar-refractivity contribution in [2.75, 3.05) is 10.6 Å². The standard InChI is InChI=1S/C22H19FN2O2S/c23-15-10-12-16(13-11-15)24-21(27)19-17-8-4-5-9-18(17)28-22(19)25-20(26)14-6-2-1-3-7-14/h1-3,6-7,10-13H,4-5,8-9H2,(H,24,27)(H,25,26). The van der Waals surface area contributed by atoms with Crippen LogP contribution in [-0.4, -0.2) is 11.8 Å². The molecule has 28 heavy (non-hydrogen) atoms. The Morgan fingerprint density at radius 2 is 1.57 bits per heavy atom. The Hall–Kier alpha value is -2.99. The lowest BCUT2D eigenvalue weighted by molar-refractivity contribution is 0.102. The lowest BCUT2D eigenvalue weighted by atomic mass is 9.95. The molecule has 0 spiro atoms.